The molecule has 5 nitrogen and oxygen atoms in total. The van der Waals surface area contributed by atoms with Crippen molar-refractivity contribution in [2.24, 2.45) is 0 Å². The van der Waals surface area contributed by atoms with E-state index in [0.29, 0.717) is 16.8 Å². The molecule has 108 valence electrons. The largest absolute Gasteiger partial charge is 0.372 e. The molecule has 0 unspecified atom stereocenters. The fourth-order valence-corrected chi connectivity index (χ4v) is 4.20. The number of nitrogens with zero attached hydrogens (tertiary/aromatic N) is 2. The molecule has 0 bridgehead atoms. The van der Waals surface area contributed by atoms with Gasteiger partial charge in [0.05, 0.1) is 0 Å². The fourth-order valence-electron chi connectivity index (χ4n) is 1.81. The quantitative estimate of drug-likeness (QED) is 0.857. The smallest absolute Gasteiger partial charge is 0.247 e. The first kappa shape index (κ1) is 16.4. The van der Waals surface area contributed by atoms with Crippen LogP contribution < -0.4 is 5.32 Å². The minimum atomic E-state index is -3.55. The zero-order valence-electron chi connectivity index (χ0n) is 11.6. The Balaban J connectivity index is 3.36. The Morgan fingerprint density at radius 1 is 1.47 bits per heavy atom. The van der Waals surface area contributed by atoms with Gasteiger partial charge in [-0.15, -0.1) is 0 Å². The summed E-state index contributed by atoms with van der Waals surface area (Å²) in [5.41, 5.74) is 0. The minimum Gasteiger partial charge on any atom is -0.372 e. The number of hydrogen-bond donors (Lipinski definition) is 1. The molecule has 0 spiro atoms. The number of sulfonamides is 1. The first-order valence-electron chi connectivity index (χ1n) is 6.19. The van der Waals surface area contributed by atoms with Crippen LogP contribution in [-0.2, 0) is 10.0 Å². The molecule has 1 aromatic rings. The highest BCUT2D eigenvalue weighted by Crippen LogP contribution is 2.27. The lowest BCUT2D eigenvalue weighted by molar-refractivity contribution is 0.354. The summed E-state index contributed by atoms with van der Waals surface area (Å²) in [6.45, 7) is 6.20. The standard InChI is InChI=1S/C12H20BrN3O2S/c1-5-6-16(9(2)3)19(17,18)11-7-10(13)8-15-12(11)14-4/h7-9H,5-6H2,1-4H3,(H,14,15). The van der Waals surface area contributed by atoms with Gasteiger partial charge in [-0.25, -0.2) is 13.4 Å². The molecule has 0 saturated heterocycles. The topological polar surface area (TPSA) is 62.3 Å². The fraction of sp³-hybridized carbons (Fsp3) is 0.583. The van der Waals surface area contributed by atoms with Gasteiger partial charge in [-0.3, -0.25) is 0 Å². The van der Waals surface area contributed by atoms with Gasteiger partial charge in [-0.05, 0) is 42.3 Å². The van der Waals surface area contributed by atoms with Crippen LogP contribution in [0.1, 0.15) is 27.2 Å². The average Bonchev–Trinajstić information content (AvgIpc) is 2.35. The second kappa shape index (κ2) is 6.67. The van der Waals surface area contributed by atoms with Crippen LogP contribution in [0.25, 0.3) is 0 Å². The molecule has 1 N–H and O–H groups in total. The lowest BCUT2D eigenvalue weighted by Gasteiger charge is -2.26. The molecule has 0 fully saturated rings. The first-order valence-corrected chi connectivity index (χ1v) is 8.43. The minimum absolute atomic E-state index is 0.0892. The molecular formula is C12H20BrN3O2S. The molecule has 1 aromatic heterocycles. The number of pyridine rings is 1. The molecule has 0 saturated carbocycles. The highest BCUT2D eigenvalue weighted by atomic mass is 79.9. The number of hydrogen-bond acceptors (Lipinski definition) is 4. The summed E-state index contributed by atoms with van der Waals surface area (Å²) in [5, 5.41) is 2.83. The molecule has 0 amide bonds. The molecule has 1 rings (SSSR count). The zero-order valence-corrected chi connectivity index (χ0v) is 14.0. The van der Waals surface area contributed by atoms with Crippen molar-refractivity contribution in [3.63, 3.8) is 0 Å². The second-order valence-corrected chi connectivity index (χ2v) is 7.23. The molecule has 19 heavy (non-hydrogen) atoms. The van der Waals surface area contributed by atoms with E-state index in [-0.39, 0.29) is 10.9 Å². The van der Waals surface area contributed by atoms with Crippen LogP contribution in [0.2, 0.25) is 0 Å². The summed E-state index contributed by atoms with van der Waals surface area (Å²) in [6, 6.07) is 1.49. The van der Waals surface area contributed by atoms with Gasteiger partial charge in [0.2, 0.25) is 10.0 Å². The molecule has 0 aliphatic carbocycles. The van der Waals surface area contributed by atoms with Gasteiger partial charge in [0.15, 0.2) is 0 Å². The molecule has 0 atom stereocenters. The van der Waals surface area contributed by atoms with Crippen molar-refractivity contribution in [1.29, 1.82) is 0 Å². The van der Waals surface area contributed by atoms with E-state index in [2.05, 4.69) is 26.2 Å². The highest BCUT2D eigenvalue weighted by molar-refractivity contribution is 9.10. The third-order valence-corrected chi connectivity index (χ3v) is 5.19. The van der Waals surface area contributed by atoms with E-state index in [1.807, 2.05) is 20.8 Å². The van der Waals surface area contributed by atoms with Crippen molar-refractivity contribution in [3.05, 3.63) is 16.7 Å². The van der Waals surface area contributed by atoms with Gasteiger partial charge < -0.3 is 5.32 Å². The number of halogens is 1. The molecule has 0 radical (unpaired) electrons. The predicted octanol–water partition coefficient (Wildman–Crippen LogP) is 2.69. The number of aromatic nitrogens is 1. The van der Waals surface area contributed by atoms with Crippen LogP contribution in [-0.4, -0.2) is 37.3 Å². The van der Waals surface area contributed by atoms with Crippen molar-refractivity contribution in [1.82, 2.24) is 9.29 Å². The Labute approximate surface area is 123 Å². The monoisotopic (exact) mass is 349 g/mol. The summed E-state index contributed by atoms with van der Waals surface area (Å²) in [6.07, 6.45) is 2.35. The van der Waals surface area contributed by atoms with Gasteiger partial charge in [-0.1, -0.05) is 6.92 Å². The SMILES string of the molecule is CCCN(C(C)C)S(=O)(=O)c1cc(Br)cnc1NC. The van der Waals surface area contributed by atoms with Gasteiger partial charge in [0.25, 0.3) is 0 Å². The number of anilines is 1. The molecular weight excluding hydrogens is 330 g/mol. The van der Waals surface area contributed by atoms with Gasteiger partial charge in [-0.2, -0.15) is 4.31 Å². The van der Waals surface area contributed by atoms with E-state index in [1.54, 1.807) is 19.3 Å². The summed E-state index contributed by atoms with van der Waals surface area (Å²) in [4.78, 5) is 4.30. The molecule has 0 aromatic carbocycles. The highest BCUT2D eigenvalue weighted by Gasteiger charge is 2.29. The molecule has 0 aliphatic heterocycles. The molecule has 0 aliphatic rings. The van der Waals surface area contributed by atoms with Crippen LogP contribution in [0.15, 0.2) is 21.6 Å². The van der Waals surface area contributed by atoms with E-state index in [1.165, 1.54) is 4.31 Å². The zero-order chi connectivity index (χ0) is 14.6. The Kier molecular flexibility index (Phi) is 5.76. The van der Waals surface area contributed by atoms with E-state index >= 15 is 0 Å². The Morgan fingerprint density at radius 2 is 2.11 bits per heavy atom. The van der Waals surface area contributed by atoms with Crippen LogP contribution in [0.4, 0.5) is 5.82 Å². The van der Waals surface area contributed by atoms with Crippen molar-refractivity contribution in [3.8, 4) is 0 Å². The van der Waals surface area contributed by atoms with Crippen molar-refractivity contribution in [2.45, 2.75) is 38.1 Å². The Morgan fingerprint density at radius 3 is 2.58 bits per heavy atom. The lowest BCUT2D eigenvalue weighted by Crippen LogP contribution is -2.37. The Hall–Kier alpha value is -0.660. The number of nitrogens with one attached hydrogen (secondary N) is 1. The lowest BCUT2D eigenvalue weighted by atomic mass is 10.4. The van der Waals surface area contributed by atoms with E-state index in [0.717, 1.165) is 6.42 Å². The first-order chi connectivity index (χ1) is 8.84. The van der Waals surface area contributed by atoms with Crippen molar-refractivity contribution in [2.75, 3.05) is 18.9 Å². The third kappa shape index (κ3) is 3.67. The van der Waals surface area contributed by atoms with Crippen molar-refractivity contribution >= 4 is 31.8 Å². The van der Waals surface area contributed by atoms with E-state index < -0.39 is 10.0 Å². The van der Waals surface area contributed by atoms with E-state index in [4.69, 9.17) is 0 Å². The van der Waals surface area contributed by atoms with Crippen LogP contribution >= 0.6 is 15.9 Å². The van der Waals surface area contributed by atoms with Gasteiger partial charge in [0, 0.05) is 30.3 Å². The van der Waals surface area contributed by atoms with Gasteiger partial charge in [0.1, 0.15) is 10.7 Å². The summed E-state index contributed by atoms with van der Waals surface area (Å²) in [5.74, 6) is 0.366. The Bertz CT molecular complexity index is 532. The van der Waals surface area contributed by atoms with Crippen LogP contribution in [0, 0.1) is 0 Å². The predicted molar refractivity (Wildman–Crippen MR) is 80.8 cm³/mol. The van der Waals surface area contributed by atoms with Crippen molar-refractivity contribution < 1.29 is 8.42 Å². The van der Waals surface area contributed by atoms with Crippen LogP contribution in [0.3, 0.4) is 0 Å². The average molecular weight is 350 g/mol. The molecule has 1 heterocycles. The van der Waals surface area contributed by atoms with Crippen LogP contribution in [0.5, 0.6) is 0 Å². The summed E-state index contributed by atoms with van der Waals surface area (Å²) < 4.78 is 27.6. The maximum atomic E-state index is 12.7. The maximum absolute atomic E-state index is 12.7. The number of rotatable bonds is 6. The van der Waals surface area contributed by atoms with E-state index in [9.17, 15) is 8.42 Å². The normalized spacial score (nSPS) is 12.2. The maximum Gasteiger partial charge on any atom is 0.247 e. The molecule has 7 heteroatoms. The summed E-state index contributed by atoms with van der Waals surface area (Å²) >= 11 is 3.27. The summed E-state index contributed by atoms with van der Waals surface area (Å²) in [7, 11) is -1.89. The van der Waals surface area contributed by atoms with Gasteiger partial charge >= 0.3 is 0 Å². The third-order valence-electron chi connectivity index (χ3n) is 2.66. The second-order valence-electron chi connectivity index (χ2n) is 4.46.